The summed E-state index contributed by atoms with van der Waals surface area (Å²) in [5, 5.41) is 0. The Bertz CT molecular complexity index is 566. The number of hydrogen-bond donors (Lipinski definition) is 0. The Morgan fingerprint density at radius 2 is 1.50 bits per heavy atom. The highest BCUT2D eigenvalue weighted by Gasteiger charge is 2.38. The topological polar surface area (TPSA) is 48.0 Å². The number of hydrogen-bond acceptors (Lipinski definition) is 4. The van der Waals surface area contributed by atoms with E-state index in [0.29, 0.717) is 35.8 Å². The molecule has 24 heavy (non-hydrogen) atoms. The molecule has 5 heteroatoms. The maximum absolute atomic E-state index is 12.9. The van der Waals surface area contributed by atoms with E-state index in [2.05, 4.69) is 4.90 Å². The zero-order valence-electron chi connectivity index (χ0n) is 14.8. The van der Waals surface area contributed by atoms with Gasteiger partial charge in [-0.3, -0.25) is 4.79 Å². The third-order valence-corrected chi connectivity index (χ3v) is 5.03. The van der Waals surface area contributed by atoms with Gasteiger partial charge in [-0.2, -0.15) is 0 Å². The molecule has 0 saturated heterocycles. The normalized spacial score (nSPS) is 17.6. The van der Waals surface area contributed by atoms with Gasteiger partial charge in [0.15, 0.2) is 11.5 Å². The molecule has 0 aliphatic heterocycles. The van der Waals surface area contributed by atoms with E-state index in [4.69, 9.17) is 14.2 Å². The van der Waals surface area contributed by atoms with Crippen molar-refractivity contribution in [3.8, 4) is 17.2 Å². The number of methoxy groups -OCH3 is 3. The van der Waals surface area contributed by atoms with E-state index in [-0.39, 0.29) is 5.91 Å². The van der Waals surface area contributed by atoms with Crippen LogP contribution in [0, 0.1) is 0 Å². The van der Waals surface area contributed by atoms with Crippen molar-refractivity contribution in [3.05, 3.63) is 17.7 Å². The van der Waals surface area contributed by atoms with Crippen molar-refractivity contribution in [2.45, 2.75) is 57.0 Å². The number of carbonyl (C=O) groups excluding carboxylic acids is 1. The first-order chi connectivity index (χ1) is 11.7. The molecule has 2 aliphatic carbocycles. The summed E-state index contributed by atoms with van der Waals surface area (Å²) in [5.74, 6) is 1.97. The molecule has 1 aromatic carbocycles. The molecule has 2 fully saturated rings. The summed E-state index contributed by atoms with van der Waals surface area (Å²) in [6, 6.07) is 4.65. The molecule has 0 bridgehead atoms. The van der Waals surface area contributed by atoms with Crippen LogP contribution >= 0.6 is 0 Å². The molecule has 0 heterocycles. The Hall–Kier alpha value is -1.91. The van der Waals surface area contributed by atoms with E-state index in [1.807, 2.05) is 12.1 Å². The Kier molecular flexibility index (Phi) is 5.17. The fourth-order valence-corrected chi connectivity index (χ4v) is 3.74. The Labute approximate surface area is 143 Å². The van der Waals surface area contributed by atoms with Gasteiger partial charge in [0.2, 0.25) is 11.7 Å². The summed E-state index contributed by atoms with van der Waals surface area (Å²) in [4.78, 5) is 15.1. The molecular formula is C19H27NO4. The van der Waals surface area contributed by atoms with Gasteiger partial charge in [0, 0.05) is 12.1 Å². The summed E-state index contributed by atoms with van der Waals surface area (Å²) >= 11 is 0. The summed E-state index contributed by atoms with van der Waals surface area (Å²) in [5.41, 5.74) is 0.901. The first-order valence-electron chi connectivity index (χ1n) is 8.78. The number of ether oxygens (including phenoxy) is 3. The summed E-state index contributed by atoms with van der Waals surface area (Å²) in [6.45, 7) is 0. The van der Waals surface area contributed by atoms with E-state index < -0.39 is 0 Å². The lowest BCUT2D eigenvalue weighted by Gasteiger charge is -2.29. The fourth-order valence-electron chi connectivity index (χ4n) is 3.74. The van der Waals surface area contributed by atoms with Crippen molar-refractivity contribution >= 4 is 5.91 Å². The number of rotatable bonds is 7. The number of carbonyl (C=O) groups is 1. The zero-order chi connectivity index (χ0) is 17.1. The van der Waals surface area contributed by atoms with Gasteiger partial charge in [-0.1, -0.05) is 12.8 Å². The van der Waals surface area contributed by atoms with Crippen molar-refractivity contribution in [1.82, 2.24) is 4.90 Å². The minimum atomic E-state index is 0.221. The SMILES string of the molecule is COc1cc(CC(=O)N(C2CCCC2)C2CC2)cc(OC)c1OC. The molecular weight excluding hydrogens is 306 g/mol. The smallest absolute Gasteiger partial charge is 0.227 e. The lowest BCUT2D eigenvalue weighted by atomic mass is 10.1. The number of benzene rings is 1. The second-order valence-electron chi connectivity index (χ2n) is 6.68. The second kappa shape index (κ2) is 7.32. The van der Waals surface area contributed by atoms with E-state index in [1.165, 1.54) is 12.8 Å². The van der Waals surface area contributed by atoms with Crippen molar-refractivity contribution in [2.75, 3.05) is 21.3 Å². The Morgan fingerprint density at radius 3 is 1.96 bits per heavy atom. The van der Waals surface area contributed by atoms with Gasteiger partial charge < -0.3 is 19.1 Å². The molecule has 5 nitrogen and oxygen atoms in total. The average molecular weight is 333 g/mol. The summed E-state index contributed by atoms with van der Waals surface area (Å²) < 4.78 is 16.1. The molecule has 0 radical (unpaired) electrons. The second-order valence-corrected chi connectivity index (χ2v) is 6.68. The number of amides is 1. The van der Waals surface area contributed by atoms with Crippen LogP contribution < -0.4 is 14.2 Å². The van der Waals surface area contributed by atoms with Crippen LogP contribution in [0.5, 0.6) is 17.2 Å². The van der Waals surface area contributed by atoms with Crippen LogP contribution in [0.1, 0.15) is 44.1 Å². The molecule has 0 N–H and O–H groups in total. The standard InChI is InChI=1S/C19H27NO4/c1-22-16-10-13(11-17(23-2)19(16)24-3)12-18(21)20(15-8-9-15)14-6-4-5-7-14/h10-11,14-15H,4-9,12H2,1-3H3. The van der Waals surface area contributed by atoms with Crippen LogP contribution in [-0.2, 0) is 11.2 Å². The zero-order valence-corrected chi connectivity index (χ0v) is 14.8. The maximum atomic E-state index is 12.9. The molecule has 0 aromatic heterocycles. The lowest BCUT2D eigenvalue weighted by molar-refractivity contribution is -0.133. The Morgan fingerprint density at radius 1 is 0.958 bits per heavy atom. The highest BCUT2D eigenvalue weighted by molar-refractivity contribution is 5.80. The predicted molar refractivity (Wildman–Crippen MR) is 91.9 cm³/mol. The van der Waals surface area contributed by atoms with E-state index >= 15 is 0 Å². The van der Waals surface area contributed by atoms with Crippen LogP contribution in [0.4, 0.5) is 0 Å². The summed E-state index contributed by atoms with van der Waals surface area (Å²) in [7, 11) is 4.77. The first-order valence-corrected chi connectivity index (χ1v) is 8.78. The molecule has 0 atom stereocenters. The van der Waals surface area contributed by atoms with Crippen LogP contribution in [0.25, 0.3) is 0 Å². The molecule has 2 aliphatic rings. The van der Waals surface area contributed by atoms with Crippen molar-refractivity contribution < 1.29 is 19.0 Å². The summed E-state index contributed by atoms with van der Waals surface area (Å²) in [6.07, 6.45) is 7.46. The molecule has 132 valence electrons. The highest BCUT2D eigenvalue weighted by atomic mass is 16.5. The molecule has 1 aromatic rings. The van der Waals surface area contributed by atoms with Crippen LogP contribution in [0.2, 0.25) is 0 Å². The molecule has 3 rings (SSSR count). The fraction of sp³-hybridized carbons (Fsp3) is 0.632. The van der Waals surface area contributed by atoms with E-state index in [0.717, 1.165) is 31.2 Å². The van der Waals surface area contributed by atoms with Gasteiger partial charge in [-0.05, 0) is 43.4 Å². The lowest BCUT2D eigenvalue weighted by Crippen LogP contribution is -2.41. The largest absolute Gasteiger partial charge is 0.493 e. The van der Waals surface area contributed by atoms with Gasteiger partial charge in [0.05, 0.1) is 27.8 Å². The minimum Gasteiger partial charge on any atom is -0.493 e. The Balaban J connectivity index is 1.80. The third kappa shape index (κ3) is 3.45. The third-order valence-electron chi connectivity index (χ3n) is 5.03. The van der Waals surface area contributed by atoms with Crippen LogP contribution in [-0.4, -0.2) is 44.2 Å². The minimum absolute atomic E-state index is 0.221. The van der Waals surface area contributed by atoms with Crippen molar-refractivity contribution in [1.29, 1.82) is 0 Å². The predicted octanol–water partition coefficient (Wildman–Crippen LogP) is 3.19. The maximum Gasteiger partial charge on any atom is 0.227 e. The quantitative estimate of drug-likeness (QED) is 0.769. The van der Waals surface area contributed by atoms with Gasteiger partial charge in [0.1, 0.15) is 0 Å². The van der Waals surface area contributed by atoms with Crippen molar-refractivity contribution in [2.24, 2.45) is 0 Å². The van der Waals surface area contributed by atoms with Gasteiger partial charge in [-0.25, -0.2) is 0 Å². The molecule has 2 saturated carbocycles. The van der Waals surface area contributed by atoms with Gasteiger partial charge >= 0.3 is 0 Å². The van der Waals surface area contributed by atoms with Gasteiger partial charge in [0.25, 0.3) is 0 Å². The molecule has 1 amide bonds. The first kappa shape index (κ1) is 16.9. The molecule has 0 spiro atoms. The van der Waals surface area contributed by atoms with Gasteiger partial charge in [-0.15, -0.1) is 0 Å². The monoisotopic (exact) mass is 333 g/mol. The van der Waals surface area contributed by atoms with Crippen LogP contribution in [0.3, 0.4) is 0 Å². The van der Waals surface area contributed by atoms with E-state index in [9.17, 15) is 4.79 Å². The van der Waals surface area contributed by atoms with E-state index in [1.54, 1.807) is 21.3 Å². The van der Waals surface area contributed by atoms with Crippen LogP contribution in [0.15, 0.2) is 12.1 Å². The number of nitrogens with zero attached hydrogens (tertiary/aromatic N) is 1. The van der Waals surface area contributed by atoms with Crippen molar-refractivity contribution in [3.63, 3.8) is 0 Å². The molecule has 0 unspecified atom stereocenters. The average Bonchev–Trinajstić information content (AvgIpc) is 3.27. The highest BCUT2D eigenvalue weighted by Crippen LogP contribution is 2.39.